The number of carbonyl (C=O) groups is 1. The van der Waals surface area contributed by atoms with E-state index in [1.807, 2.05) is 17.0 Å². The van der Waals surface area contributed by atoms with Crippen LogP contribution >= 0.6 is 11.6 Å². The van der Waals surface area contributed by atoms with Crippen LogP contribution in [0.1, 0.15) is 5.56 Å². The predicted octanol–water partition coefficient (Wildman–Crippen LogP) is 1.29. The molecule has 6 nitrogen and oxygen atoms in total. The number of nitrogens with one attached hydrogen (secondary N) is 1. The summed E-state index contributed by atoms with van der Waals surface area (Å²) in [6, 6.07) is 8.88. The minimum absolute atomic E-state index is 0.00540. The minimum Gasteiger partial charge on any atom is -0.396 e. The smallest absolute Gasteiger partial charge is 0.225 e. The highest BCUT2D eigenvalue weighted by Gasteiger charge is 2.34. The Balaban J connectivity index is 1.62. The summed E-state index contributed by atoms with van der Waals surface area (Å²) < 4.78 is 0. The minimum atomic E-state index is -0.134. The molecule has 1 amide bonds. The molecule has 2 atom stereocenters. The van der Waals surface area contributed by atoms with Crippen molar-refractivity contribution in [3.63, 3.8) is 0 Å². The van der Waals surface area contributed by atoms with Crippen LogP contribution < -0.4 is 10.2 Å². The largest absolute Gasteiger partial charge is 0.396 e. The van der Waals surface area contributed by atoms with Gasteiger partial charge in [-0.1, -0.05) is 23.7 Å². The maximum Gasteiger partial charge on any atom is 0.225 e. The van der Waals surface area contributed by atoms with Gasteiger partial charge in [-0.25, -0.2) is 9.97 Å². The van der Waals surface area contributed by atoms with Gasteiger partial charge in [0, 0.05) is 43.0 Å². The zero-order chi connectivity index (χ0) is 16.9. The van der Waals surface area contributed by atoms with E-state index in [2.05, 4.69) is 15.3 Å². The number of hydrogen-bond acceptors (Lipinski definition) is 5. The fraction of sp³-hybridized carbons (Fsp3) is 0.353. The number of carbonyl (C=O) groups excluding carboxylic acids is 1. The molecule has 0 saturated carbocycles. The maximum atomic E-state index is 12.3. The molecule has 24 heavy (non-hydrogen) atoms. The van der Waals surface area contributed by atoms with Crippen LogP contribution in [0.25, 0.3) is 0 Å². The number of anilines is 1. The van der Waals surface area contributed by atoms with E-state index < -0.39 is 0 Å². The molecule has 0 aliphatic carbocycles. The third kappa shape index (κ3) is 4.01. The molecular formula is C17H19ClN4O2. The number of aromatic nitrogens is 2. The number of amides is 1. The van der Waals surface area contributed by atoms with Gasteiger partial charge in [-0.3, -0.25) is 4.79 Å². The molecule has 0 spiro atoms. The second kappa shape index (κ2) is 7.59. The lowest BCUT2D eigenvalue weighted by Gasteiger charge is -2.18. The first kappa shape index (κ1) is 16.7. The summed E-state index contributed by atoms with van der Waals surface area (Å²) in [6.07, 6.45) is 3.62. The monoisotopic (exact) mass is 346 g/mol. The summed E-state index contributed by atoms with van der Waals surface area (Å²) in [6.45, 7) is 1.20. The van der Waals surface area contributed by atoms with E-state index in [0.29, 0.717) is 24.1 Å². The van der Waals surface area contributed by atoms with Gasteiger partial charge >= 0.3 is 0 Å². The van der Waals surface area contributed by atoms with Gasteiger partial charge in [0.1, 0.15) is 0 Å². The molecular weight excluding hydrogens is 328 g/mol. The van der Waals surface area contributed by atoms with Crippen LogP contribution in [0.3, 0.4) is 0 Å². The molecule has 1 aliphatic rings. The molecule has 2 aromatic rings. The van der Waals surface area contributed by atoms with E-state index in [1.54, 1.807) is 30.6 Å². The Labute approximate surface area is 145 Å². The van der Waals surface area contributed by atoms with Crippen molar-refractivity contribution in [2.24, 2.45) is 5.92 Å². The predicted molar refractivity (Wildman–Crippen MR) is 91.9 cm³/mol. The molecule has 7 heteroatoms. The molecule has 1 aromatic carbocycles. The Morgan fingerprint density at radius 3 is 2.79 bits per heavy atom. The highest BCUT2D eigenvalue weighted by atomic mass is 35.5. The molecule has 1 aromatic heterocycles. The molecule has 0 bridgehead atoms. The fourth-order valence-corrected chi connectivity index (χ4v) is 3.14. The topological polar surface area (TPSA) is 78.4 Å². The van der Waals surface area contributed by atoms with Gasteiger partial charge in [0.15, 0.2) is 0 Å². The van der Waals surface area contributed by atoms with Gasteiger partial charge in [-0.2, -0.15) is 0 Å². The first-order valence-corrected chi connectivity index (χ1v) is 8.20. The highest BCUT2D eigenvalue weighted by Crippen LogP contribution is 2.21. The van der Waals surface area contributed by atoms with E-state index in [-0.39, 0.29) is 30.9 Å². The molecule has 2 N–H and O–H groups in total. The van der Waals surface area contributed by atoms with E-state index >= 15 is 0 Å². The Morgan fingerprint density at radius 2 is 2.08 bits per heavy atom. The Kier molecular flexibility index (Phi) is 5.27. The van der Waals surface area contributed by atoms with Crippen LogP contribution in [0.4, 0.5) is 5.95 Å². The van der Waals surface area contributed by atoms with Gasteiger partial charge in [-0.05, 0) is 23.8 Å². The van der Waals surface area contributed by atoms with Crippen LogP contribution in [0, 0.1) is 5.92 Å². The summed E-state index contributed by atoms with van der Waals surface area (Å²) in [5.74, 6) is 0.483. The highest BCUT2D eigenvalue weighted by molar-refractivity contribution is 6.30. The average molecular weight is 347 g/mol. The third-order valence-electron chi connectivity index (χ3n) is 4.11. The lowest BCUT2D eigenvalue weighted by Crippen LogP contribution is -2.42. The normalized spacial score (nSPS) is 20.2. The van der Waals surface area contributed by atoms with Crippen molar-refractivity contribution in [2.75, 3.05) is 24.6 Å². The lowest BCUT2D eigenvalue weighted by molar-refractivity contribution is -0.121. The van der Waals surface area contributed by atoms with Crippen molar-refractivity contribution in [1.29, 1.82) is 0 Å². The van der Waals surface area contributed by atoms with E-state index in [4.69, 9.17) is 11.6 Å². The summed E-state index contributed by atoms with van der Waals surface area (Å²) in [5, 5.41) is 13.2. The van der Waals surface area contributed by atoms with Crippen molar-refractivity contribution in [3.8, 4) is 0 Å². The molecule has 126 valence electrons. The lowest BCUT2D eigenvalue weighted by atomic mass is 10.0. The van der Waals surface area contributed by atoms with Gasteiger partial charge in [-0.15, -0.1) is 0 Å². The second-order valence-electron chi connectivity index (χ2n) is 5.88. The van der Waals surface area contributed by atoms with Crippen LogP contribution in [0.2, 0.25) is 5.02 Å². The molecule has 0 radical (unpaired) electrons. The standard InChI is InChI=1S/C17H19ClN4O2/c18-14-4-1-3-12(7-14)8-16(24)21-15-10-22(9-13(15)11-23)17-19-5-2-6-20-17/h1-7,13,15,23H,8-11H2,(H,21,24). The van der Waals surface area contributed by atoms with Crippen LogP contribution in [0.15, 0.2) is 42.7 Å². The van der Waals surface area contributed by atoms with E-state index in [9.17, 15) is 9.90 Å². The Hall–Kier alpha value is -2.18. The van der Waals surface area contributed by atoms with Crippen molar-refractivity contribution < 1.29 is 9.90 Å². The summed E-state index contributed by atoms with van der Waals surface area (Å²) >= 11 is 5.95. The van der Waals surface area contributed by atoms with E-state index in [1.165, 1.54) is 0 Å². The Morgan fingerprint density at radius 1 is 1.29 bits per heavy atom. The number of aliphatic hydroxyl groups is 1. The third-order valence-corrected chi connectivity index (χ3v) is 4.35. The summed E-state index contributed by atoms with van der Waals surface area (Å²) in [7, 11) is 0. The van der Waals surface area contributed by atoms with Gasteiger partial charge in [0.05, 0.1) is 12.5 Å². The second-order valence-corrected chi connectivity index (χ2v) is 6.31. The Bertz CT molecular complexity index is 698. The van der Waals surface area contributed by atoms with Crippen molar-refractivity contribution in [1.82, 2.24) is 15.3 Å². The summed E-state index contributed by atoms with van der Waals surface area (Å²) in [4.78, 5) is 22.7. The molecule has 3 rings (SSSR count). The maximum absolute atomic E-state index is 12.3. The van der Waals surface area contributed by atoms with Crippen molar-refractivity contribution in [2.45, 2.75) is 12.5 Å². The van der Waals surface area contributed by atoms with E-state index in [0.717, 1.165) is 5.56 Å². The first-order valence-electron chi connectivity index (χ1n) is 7.82. The average Bonchev–Trinajstić information content (AvgIpc) is 2.98. The fourth-order valence-electron chi connectivity index (χ4n) is 2.93. The molecule has 1 fully saturated rings. The molecule has 2 unspecified atom stereocenters. The quantitative estimate of drug-likeness (QED) is 0.853. The van der Waals surface area contributed by atoms with Gasteiger partial charge in [0.25, 0.3) is 0 Å². The number of nitrogens with zero attached hydrogens (tertiary/aromatic N) is 3. The van der Waals surface area contributed by atoms with Crippen LogP contribution in [0.5, 0.6) is 0 Å². The van der Waals surface area contributed by atoms with Gasteiger partial charge in [0.2, 0.25) is 11.9 Å². The SMILES string of the molecule is O=C(Cc1cccc(Cl)c1)NC1CN(c2ncccn2)CC1CO. The molecule has 1 saturated heterocycles. The van der Waals surface area contributed by atoms with Crippen LogP contribution in [-0.4, -0.2) is 46.7 Å². The first-order chi connectivity index (χ1) is 11.7. The molecule has 1 aliphatic heterocycles. The van der Waals surface area contributed by atoms with Gasteiger partial charge < -0.3 is 15.3 Å². The molecule has 2 heterocycles. The number of benzene rings is 1. The van der Waals surface area contributed by atoms with Crippen LogP contribution in [-0.2, 0) is 11.2 Å². The number of rotatable bonds is 5. The summed E-state index contributed by atoms with van der Waals surface area (Å²) in [5.41, 5.74) is 0.863. The van der Waals surface area contributed by atoms with Crippen molar-refractivity contribution in [3.05, 3.63) is 53.3 Å². The number of aliphatic hydroxyl groups excluding tert-OH is 1. The number of halogens is 1. The van der Waals surface area contributed by atoms with Crippen molar-refractivity contribution >= 4 is 23.5 Å². The zero-order valence-electron chi connectivity index (χ0n) is 13.1. The zero-order valence-corrected chi connectivity index (χ0v) is 13.9. The number of hydrogen-bond donors (Lipinski definition) is 2.